The van der Waals surface area contributed by atoms with Gasteiger partial charge in [-0.25, -0.2) is 17.9 Å². The van der Waals surface area contributed by atoms with Crippen molar-refractivity contribution in [2.45, 2.75) is 30.2 Å². The molecule has 0 bridgehead atoms. The highest BCUT2D eigenvalue weighted by Crippen LogP contribution is 2.36. The van der Waals surface area contributed by atoms with Gasteiger partial charge in [0.25, 0.3) is 0 Å². The van der Waals surface area contributed by atoms with Gasteiger partial charge in [-0.05, 0) is 71.8 Å². The predicted octanol–water partition coefficient (Wildman–Crippen LogP) is 4.83. The Morgan fingerprint density at radius 2 is 1.81 bits per heavy atom. The van der Waals surface area contributed by atoms with Crippen molar-refractivity contribution in [2.75, 3.05) is 6.61 Å². The van der Waals surface area contributed by atoms with Gasteiger partial charge in [0.15, 0.2) is 6.61 Å². The van der Waals surface area contributed by atoms with E-state index in [0.29, 0.717) is 23.6 Å². The molecular weight excluding hydrogens is 450 g/mol. The van der Waals surface area contributed by atoms with Gasteiger partial charge in [-0.2, -0.15) is 0 Å². The van der Waals surface area contributed by atoms with Crippen molar-refractivity contribution in [3.63, 3.8) is 0 Å². The molecule has 1 aliphatic rings. The van der Waals surface area contributed by atoms with Crippen LogP contribution in [0, 0.1) is 0 Å². The van der Waals surface area contributed by atoms with Crippen molar-refractivity contribution < 1.29 is 23.1 Å². The molecular formula is C24H22ClNO5S. The highest BCUT2D eigenvalue weighted by molar-refractivity contribution is 7.89. The standard InChI is InChI=1S/C24H22ClNO5S/c25-18-5-1-4-17(14-18)16-10-12-19(13-11-16)32(29,30)26-22-8-2-7-21-20(22)6-3-9-23(21)31-15-24(27)28/h1,3-6,9-14,22,26H,2,7-8,15H2,(H,27,28). The van der Waals surface area contributed by atoms with Crippen LogP contribution in [0.3, 0.4) is 0 Å². The number of aliphatic carboxylic acids is 1. The Labute approximate surface area is 191 Å². The molecule has 8 heteroatoms. The Morgan fingerprint density at radius 1 is 1.06 bits per heavy atom. The number of ether oxygens (including phenoxy) is 1. The van der Waals surface area contributed by atoms with Crippen LogP contribution < -0.4 is 9.46 Å². The monoisotopic (exact) mass is 471 g/mol. The van der Waals surface area contributed by atoms with E-state index in [1.165, 1.54) is 0 Å². The number of rotatable bonds is 7. The fourth-order valence-corrected chi connectivity index (χ4v) is 5.40. The summed E-state index contributed by atoms with van der Waals surface area (Å²) in [5.74, 6) is -0.573. The van der Waals surface area contributed by atoms with E-state index in [4.69, 9.17) is 21.4 Å². The molecule has 1 aliphatic carbocycles. The largest absolute Gasteiger partial charge is 0.482 e. The lowest BCUT2D eigenvalue weighted by Crippen LogP contribution is -2.31. The number of carboxylic acid groups (broad SMARTS) is 1. The summed E-state index contributed by atoms with van der Waals surface area (Å²) in [6, 6.07) is 19.0. The maximum atomic E-state index is 13.1. The molecule has 0 saturated heterocycles. The molecule has 0 spiro atoms. The number of benzene rings is 3. The fraction of sp³-hybridized carbons (Fsp3) is 0.208. The predicted molar refractivity (Wildman–Crippen MR) is 122 cm³/mol. The van der Waals surface area contributed by atoms with Gasteiger partial charge in [0.05, 0.1) is 4.90 Å². The van der Waals surface area contributed by atoms with E-state index >= 15 is 0 Å². The topological polar surface area (TPSA) is 92.7 Å². The molecule has 0 heterocycles. The van der Waals surface area contributed by atoms with E-state index in [1.54, 1.807) is 42.5 Å². The second kappa shape index (κ2) is 9.32. The van der Waals surface area contributed by atoms with E-state index in [9.17, 15) is 13.2 Å². The van der Waals surface area contributed by atoms with Crippen LogP contribution in [0.2, 0.25) is 5.02 Å². The SMILES string of the molecule is O=C(O)COc1cccc2c1CCCC2NS(=O)(=O)c1ccc(-c2cccc(Cl)c2)cc1. The molecule has 1 atom stereocenters. The van der Waals surface area contributed by atoms with Crippen molar-refractivity contribution >= 4 is 27.6 Å². The van der Waals surface area contributed by atoms with Crippen molar-refractivity contribution in [2.24, 2.45) is 0 Å². The van der Waals surface area contributed by atoms with E-state index in [1.807, 2.05) is 24.3 Å². The third-order valence-electron chi connectivity index (χ3n) is 5.44. The second-order valence-corrected chi connectivity index (χ2v) is 9.76. The summed E-state index contributed by atoms with van der Waals surface area (Å²) in [5, 5.41) is 9.51. The average Bonchev–Trinajstić information content (AvgIpc) is 2.78. The van der Waals surface area contributed by atoms with E-state index in [0.717, 1.165) is 28.7 Å². The van der Waals surface area contributed by atoms with Crippen molar-refractivity contribution in [1.29, 1.82) is 0 Å². The molecule has 0 saturated carbocycles. The van der Waals surface area contributed by atoms with Crippen LogP contribution in [0.5, 0.6) is 5.75 Å². The number of hydrogen-bond acceptors (Lipinski definition) is 4. The van der Waals surface area contributed by atoms with Gasteiger partial charge in [-0.1, -0.05) is 48.0 Å². The number of nitrogens with one attached hydrogen (secondary N) is 1. The summed E-state index contributed by atoms with van der Waals surface area (Å²) in [4.78, 5) is 11.0. The molecule has 3 aromatic rings. The maximum absolute atomic E-state index is 13.1. The van der Waals surface area contributed by atoms with Gasteiger partial charge in [0.1, 0.15) is 5.75 Å². The summed E-state index contributed by atoms with van der Waals surface area (Å²) in [6.45, 7) is -0.439. The van der Waals surface area contributed by atoms with Gasteiger partial charge >= 0.3 is 5.97 Å². The minimum atomic E-state index is -3.76. The zero-order valence-corrected chi connectivity index (χ0v) is 18.7. The molecule has 0 radical (unpaired) electrons. The first-order valence-electron chi connectivity index (χ1n) is 10.2. The van der Waals surface area contributed by atoms with Crippen LogP contribution in [0.4, 0.5) is 0 Å². The van der Waals surface area contributed by atoms with Gasteiger partial charge < -0.3 is 9.84 Å². The quantitative estimate of drug-likeness (QED) is 0.515. The summed E-state index contributed by atoms with van der Waals surface area (Å²) < 4.78 is 34.4. The highest BCUT2D eigenvalue weighted by Gasteiger charge is 2.27. The number of halogens is 1. The Balaban J connectivity index is 1.56. The molecule has 0 amide bonds. The number of hydrogen-bond donors (Lipinski definition) is 2. The lowest BCUT2D eigenvalue weighted by Gasteiger charge is -2.27. The minimum absolute atomic E-state index is 0.175. The third kappa shape index (κ3) is 4.96. The van der Waals surface area contributed by atoms with Crippen LogP contribution >= 0.6 is 11.6 Å². The number of fused-ring (bicyclic) bond motifs is 1. The third-order valence-corrected chi connectivity index (χ3v) is 7.16. The molecule has 166 valence electrons. The van der Waals surface area contributed by atoms with E-state index < -0.39 is 28.6 Å². The molecule has 4 rings (SSSR count). The minimum Gasteiger partial charge on any atom is -0.482 e. The van der Waals surface area contributed by atoms with Gasteiger partial charge in [0, 0.05) is 11.1 Å². The first-order chi connectivity index (χ1) is 15.3. The molecule has 0 fully saturated rings. The molecule has 6 nitrogen and oxygen atoms in total. The van der Waals surface area contributed by atoms with Crippen molar-refractivity contribution in [3.05, 3.63) is 82.9 Å². The fourth-order valence-electron chi connectivity index (χ4n) is 3.96. The Bertz CT molecular complexity index is 1240. The van der Waals surface area contributed by atoms with Crippen LogP contribution in [0.1, 0.15) is 30.0 Å². The van der Waals surface area contributed by atoms with Crippen molar-refractivity contribution in [3.8, 4) is 16.9 Å². The van der Waals surface area contributed by atoms with Gasteiger partial charge in [-0.15, -0.1) is 0 Å². The molecule has 1 unspecified atom stereocenters. The van der Waals surface area contributed by atoms with Crippen LogP contribution in [0.25, 0.3) is 11.1 Å². The average molecular weight is 472 g/mol. The first-order valence-corrected chi connectivity index (χ1v) is 12.0. The summed E-state index contributed by atoms with van der Waals surface area (Å²) >= 11 is 6.05. The Morgan fingerprint density at radius 3 is 2.53 bits per heavy atom. The van der Waals surface area contributed by atoms with E-state index in [2.05, 4.69) is 4.72 Å². The molecule has 2 N–H and O–H groups in total. The highest BCUT2D eigenvalue weighted by atomic mass is 35.5. The summed E-state index contributed by atoms with van der Waals surface area (Å²) in [7, 11) is -3.76. The molecule has 32 heavy (non-hydrogen) atoms. The van der Waals surface area contributed by atoms with Crippen LogP contribution in [-0.2, 0) is 21.2 Å². The lowest BCUT2D eigenvalue weighted by molar-refractivity contribution is -0.139. The summed E-state index contributed by atoms with van der Waals surface area (Å²) in [6.07, 6.45) is 2.12. The van der Waals surface area contributed by atoms with E-state index in [-0.39, 0.29) is 4.90 Å². The maximum Gasteiger partial charge on any atom is 0.341 e. The number of carboxylic acids is 1. The number of sulfonamides is 1. The van der Waals surface area contributed by atoms with Crippen molar-refractivity contribution in [1.82, 2.24) is 4.72 Å². The van der Waals surface area contributed by atoms with Gasteiger partial charge in [-0.3, -0.25) is 0 Å². The molecule has 0 aliphatic heterocycles. The Kier molecular flexibility index (Phi) is 6.50. The molecule has 3 aromatic carbocycles. The Hall–Kier alpha value is -2.87. The number of carbonyl (C=O) groups is 1. The summed E-state index contributed by atoms with van der Waals surface area (Å²) in [5.41, 5.74) is 3.45. The second-order valence-electron chi connectivity index (χ2n) is 7.61. The van der Waals surface area contributed by atoms with Gasteiger partial charge in [0.2, 0.25) is 10.0 Å². The normalized spacial score (nSPS) is 15.7. The molecule has 0 aromatic heterocycles. The van der Waals surface area contributed by atoms with Crippen LogP contribution in [0.15, 0.2) is 71.6 Å². The first kappa shape index (κ1) is 22.3. The smallest absolute Gasteiger partial charge is 0.341 e. The lowest BCUT2D eigenvalue weighted by atomic mass is 9.87. The zero-order chi connectivity index (χ0) is 22.7. The van der Waals surface area contributed by atoms with Crippen LogP contribution in [-0.4, -0.2) is 26.1 Å². The zero-order valence-electron chi connectivity index (χ0n) is 17.1.